The minimum Gasteiger partial charge on any atom is -0.386 e. The van der Waals surface area contributed by atoms with Crippen LogP contribution < -0.4 is 0 Å². The molecule has 1 atom stereocenters. The third kappa shape index (κ3) is 3.00. The standard InChI is InChI=1S/C12H16F2O2/c1-7(2)16-6-10(15)9-5-4-8(3)11(13)12(9)14/h4-5,7,10,15H,6H2,1-3H3. The van der Waals surface area contributed by atoms with E-state index in [9.17, 15) is 13.9 Å². The van der Waals surface area contributed by atoms with Crippen molar-refractivity contribution in [3.63, 3.8) is 0 Å². The van der Waals surface area contributed by atoms with Gasteiger partial charge >= 0.3 is 0 Å². The number of benzene rings is 1. The monoisotopic (exact) mass is 230 g/mol. The highest BCUT2D eigenvalue weighted by Crippen LogP contribution is 2.22. The lowest BCUT2D eigenvalue weighted by molar-refractivity contribution is 0.00336. The molecular weight excluding hydrogens is 214 g/mol. The summed E-state index contributed by atoms with van der Waals surface area (Å²) in [5, 5.41) is 9.63. The number of rotatable bonds is 4. The number of aliphatic hydroxyl groups is 1. The fraction of sp³-hybridized carbons (Fsp3) is 0.500. The number of aliphatic hydroxyl groups excluding tert-OH is 1. The maximum Gasteiger partial charge on any atom is 0.164 e. The van der Waals surface area contributed by atoms with Crippen LogP contribution in [-0.2, 0) is 4.74 Å². The van der Waals surface area contributed by atoms with Gasteiger partial charge in [0.25, 0.3) is 0 Å². The molecule has 0 bridgehead atoms. The quantitative estimate of drug-likeness (QED) is 0.861. The summed E-state index contributed by atoms with van der Waals surface area (Å²) in [5.74, 6) is -1.92. The maximum atomic E-state index is 13.4. The van der Waals surface area contributed by atoms with E-state index in [2.05, 4.69) is 0 Å². The zero-order valence-electron chi connectivity index (χ0n) is 9.63. The fourth-order valence-corrected chi connectivity index (χ4v) is 1.29. The summed E-state index contributed by atoms with van der Waals surface area (Å²) in [6.07, 6.45) is -1.20. The van der Waals surface area contributed by atoms with Gasteiger partial charge in [0.1, 0.15) is 6.10 Å². The van der Waals surface area contributed by atoms with Crippen LogP contribution >= 0.6 is 0 Å². The second kappa shape index (κ2) is 5.37. The van der Waals surface area contributed by atoms with Gasteiger partial charge in [-0.05, 0) is 26.3 Å². The second-order valence-electron chi connectivity index (χ2n) is 4.00. The van der Waals surface area contributed by atoms with Gasteiger partial charge in [-0.2, -0.15) is 0 Å². The smallest absolute Gasteiger partial charge is 0.164 e. The molecule has 0 aromatic heterocycles. The van der Waals surface area contributed by atoms with E-state index in [-0.39, 0.29) is 23.8 Å². The van der Waals surface area contributed by atoms with Crippen molar-refractivity contribution in [3.05, 3.63) is 34.9 Å². The van der Waals surface area contributed by atoms with Gasteiger partial charge < -0.3 is 9.84 Å². The Hall–Kier alpha value is -1.00. The predicted octanol–water partition coefficient (Wildman–Crippen LogP) is 2.73. The van der Waals surface area contributed by atoms with Gasteiger partial charge in [-0.3, -0.25) is 0 Å². The van der Waals surface area contributed by atoms with Gasteiger partial charge in [0, 0.05) is 5.56 Å². The molecule has 90 valence electrons. The van der Waals surface area contributed by atoms with Crippen molar-refractivity contribution in [2.24, 2.45) is 0 Å². The van der Waals surface area contributed by atoms with E-state index in [1.165, 1.54) is 19.1 Å². The molecule has 0 aliphatic heterocycles. The van der Waals surface area contributed by atoms with Crippen LogP contribution in [0.3, 0.4) is 0 Å². The first-order valence-electron chi connectivity index (χ1n) is 5.17. The Balaban J connectivity index is 2.84. The maximum absolute atomic E-state index is 13.4. The molecular formula is C12H16F2O2. The Morgan fingerprint density at radius 1 is 1.25 bits per heavy atom. The lowest BCUT2D eigenvalue weighted by Gasteiger charge is -2.15. The first-order chi connectivity index (χ1) is 7.43. The number of halogens is 2. The van der Waals surface area contributed by atoms with Crippen LogP contribution in [0.25, 0.3) is 0 Å². The van der Waals surface area contributed by atoms with E-state index in [1.54, 1.807) is 13.8 Å². The number of aryl methyl sites for hydroxylation is 1. The van der Waals surface area contributed by atoms with Crippen molar-refractivity contribution in [2.45, 2.75) is 33.0 Å². The first kappa shape index (κ1) is 13.1. The molecule has 0 spiro atoms. The molecule has 1 unspecified atom stereocenters. The first-order valence-corrected chi connectivity index (χ1v) is 5.17. The van der Waals surface area contributed by atoms with Crippen LogP contribution in [0.2, 0.25) is 0 Å². The fourth-order valence-electron chi connectivity index (χ4n) is 1.29. The van der Waals surface area contributed by atoms with Crippen molar-refractivity contribution in [3.8, 4) is 0 Å². The Morgan fingerprint density at radius 3 is 2.44 bits per heavy atom. The summed E-state index contributed by atoms with van der Waals surface area (Å²) < 4.78 is 31.8. The highest BCUT2D eigenvalue weighted by atomic mass is 19.2. The molecule has 0 fully saturated rings. The highest BCUT2D eigenvalue weighted by molar-refractivity contribution is 5.27. The van der Waals surface area contributed by atoms with Crippen molar-refractivity contribution < 1.29 is 18.6 Å². The minimum atomic E-state index is -1.14. The average Bonchev–Trinajstić information content (AvgIpc) is 2.23. The normalized spacial score (nSPS) is 13.2. The Bertz CT molecular complexity index is 364. The van der Waals surface area contributed by atoms with Crippen LogP contribution in [-0.4, -0.2) is 17.8 Å². The summed E-state index contributed by atoms with van der Waals surface area (Å²) in [6.45, 7) is 5.04. The van der Waals surface area contributed by atoms with Gasteiger partial charge in [0.05, 0.1) is 12.7 Å². The molecule has 1 aromatic rings. The van der Waals surface area contributed by atoms with Crippen molar-refractivity contribution in [1.29, 1.82) is 0 Å². The Kier molecular flexibility index (Phi) is 4.38. The SMILES string of the molecule is Cc1ccc(C(O)COC(C)C)c(F)c1F. The van der Waals surface area contributed by atoms with E-state index in [0.29, 0.717) is 0 Å². The van der Waals surface area contributed by atoms with Gasteiger partial charge in [-0.25, -0.2) is 8.78 Å². The summed E-state index contributed by atoms with van der Waals surface area (Å²) in [6, 6.07) is 2.81. The van der Waals surface area contributed by atoms with Gasteiger partial charge in [-0.1, -0.05) is 12.1 Å². The highest BCUT2D eigenvalue weighted by Gasteiger charge is 2.17. The van der Waals surface area contributed by atoms with Crippen LogP contribution in [0.4, 0.5) is 8.78 Å². The molecule has 4 heteroatoms. The molecule has 1 N–H and O–H groups in total. The summed E-state index contributed by atoms with van der Waals surface area (Å²) in [7, 11) is 0. The Morgan fingerprint density at radius 2 is 1.88 bits per heavy atom. The second-order valence-corrected chi connectivity index (χ2v) is 4.00. The molecule has 2 nitrogen and oxygen atoms in total. The van der Waals surface area contributed by atoms with E-state index in [4.69, 9.17) is 4.74 Å². The van der Waals surface area contributed by atoms with Crippen molar-refractivity contribution in [1.82, 2.24) is 0 Å². The largest absolute Gasteiger partial charge is 0.386 e. The molecule has 1 rings (SSSR count). The zero-order valence-corrected chi connectivity index (χ0v) is 9.63. The molecule has 0 saturated heterocycles. The van der Waals surface area contributed by atoms with E-state index in [0.717, 1.165) is 0 Å². The summed E-state index contributed by atoms with van der Waals surface area (Å²) in [4.78, 5) is 0. The molecule has 0 amide bonds. The van der Waals surface area contributed by atoms with Crippen LogP contribution in [0, 0.1) is 18.6 Å². The van der Waals surface area contributed by atoms with Crippen molar-refractivity contribution in [2.75, 3.05) is 6.61 Å². The molecule has 1 aromatic carbocycles. The van der Waals surface area contributed by atoms with E-state index >= 15 is 0 Å². The van der Waals surface area contributed by atoms with Crippen LogP contribution in [0.1, 0.15) is 31.1 Å². The van der Waals surface area contributed by atoms with Crippen LogP contribution in [0.5, 0.6) is 0 Å². The topological polar surface area (TPSA) is 29.5 Å². The summed E-state index contributed by atoms with van der Waals surface area (Å²) in [5.41, 5.74) is 0.155. The minimum absolute atomic E-state index is 0.0446. The lowest BCUT2D eigenvalue weighted by Crippen LogP contribution is -2.14. The molecule has 0 radical (unpaired) electrons. The third-order valence-corrected chi connectivity index (χ3v) is 2.25. The number of hydrogen-bond donors (Lipinski definition) is 1. The van der Waals surface area contributed by atoms with Gasteiger partial charge in [0.2, 0.25) is 0 Å². The molecule has 0 aliphatic rings. The van der Waals surface area contributed by atoms with Crippen LogP contribution in [0.15, 0.2) is 12.1 Å². The number of ether oxygens (including phenoxy) is 1. The summed E-state index contributed by atoms with van der Waals surface area (Å²) >= 11 is 0. The Labute approximate surface area is 93.9 Å². The lowest BCUT2D eigenvalue weighted by atomic mass is 10.1. The van der Waals surface area contributed by atoms with Gasteiger partial charge in [-0.15, -0.1) is 0 Å². The number of hydrogen-bond acceptors (Lipinski definition) is 2. The van der Waals surface area contributed by atoms with Crippen molar-refractivity contribution >= 4 is 0 Å². The zero-order chi connectivity index (χ0) is 12.3. The van der Waals surface area contributed by atoms with Gasteiger partial charge in [0.15, 0.2) is 11.6 Å². The molecule has 0 heterocycles. The third-order valence-electron chi connectivity index (χ3n) is 2.25. The average molecular weight is 230 g/mol. The van der Waals surface area contributed by atoms with E-state index < -0.39 is 17.7 Å². The molecule has 16 heavy (non-hydrogen) atoms. The van der Waals surface area contributed by atoms with E-state index in [1.807, 2.05) is 0 Å². The predicted molar refractivity (Wildman–Crippen MR) is 57.1 cm³/mol. The molecule has 0 aliphatic carbocycles. The molecule has 0 saturated carbocycles.